The number of rotatable bonds is 5. The molecule has 0 unspecified atom stereocenters. The van der Waals surface area contributed by atoms with Crippen molar-refractivity contribution in [2.75, 3.05) is 13.1 Å². The molecule has 0 spiro atoms. The zero-order chi connectivity index (χ0) is 14.9. The Bertz CT molecular complexity index is 559. The fraction of sp³-hybridized carbons (Fsp3) is 0.462. The molecule has 20 heavy (non-hydrogen) atoms. The highest BCUT2D eigenvalue weighted by Crippen LogP contribution is 2.31. The number of amides is 1. The van der Waals surface area contributed by atoms with E-state index in [2.05, 4.69) is 0 Å². The van der Waals surface area contributed by atoms with Crippen LogP contribution in [0, 0.1) is 27.7 Å². The maximum atomic E-state index is 13.3. The summed E-state index contributed by atoms with van der Waals surface area (Å²) in [6.45, 7) is 2.60. The van der Waals surface area contributed by atoms with Gasteiger partial charge in [0, 0.05) is 13.1 Å². The Morgan fingerprint density at radius 1 is 1.40 bits per heavy atom. The van der Waals surface area contributed by atoms with E-state index in [0.29, 0.717) is 31.1 Å². The van der Waals surface area contributed by atoms with Crippen LogP contribution in [0.25, 0.3) is 0 Å². The highest BCUT2D eigenvalue weighted by molar-refractivity contribution is 5.98. The molecule has 2 rings (SSSR count). The lowest BCUT2D eigenvalue weighted by atomic mass is 10.1. The van der Waals surface area contributed by atoms with Gasteiger partial charge in [-0.2, -0.15) is 0 Å². The van der Waals surface area contributed by atoms with Gasteiger partial charge in [0.25, 0.3) is 11.6 Å². The first-order valence-corrected chi connectivity index (χ1v) is 6.36. The predicted molar refractivity (Wildman–Crippen MR) is 67.3 cm³/mol. The SMILES string of the molecule is CCN(CC1CC1)C(=O)c1cc(F)c(F)cc1[N+](=O)[O-]. The third-order valence-electron chi connectivity index (χ3n) is 3.31. The van der Waals surface area contributed by atoms with Crippen molar-refractivity contribution >= 4 is 11.6 Å². The van der Waals surface area contributed by atoms with Gasteiger partial charge < -0.3 is 4.90 Å². The summed E-state index contributed by atoms with van der Waals surface area (Å²) in [6, 6.07) is 1.05. The summed E-state index contributed by atoms with van der Waals surface area (Å²) in [5, 5.41) is 10.9. The molecule has 0 aromatic heterocycles. The van der Waals surface area contributed by atoms with Crippen LogP contribution in [0.2, 0.25) is 0 Å². The molecule has 1 fully saturated rings. The maximum Gasteiger partial charge on any atom is 0.285 e. The zero-order valence-corrected chi connectivity index (χ0v) is 10.9. The van der Waals surface area contributed by atoms with E-state index in [1.807, 2.05) is 0 Å². The van der Waals surface area contributed by atoms with Gasteiger partial charge in [-0.3, -0.25) is 14.9 Å². The lowest BCUT2D eigenvalue weighted by Gasteiger charge is -2.20. The molecule has 1 aliphatic rings. The number of nitrogens with zero attached hydrogens (tertiary/aromatic N) is 2. The van der Waals surface area contributed by atoms with Gasteiger partial charge in [0.05, 0.1) is 11.0 Å². The molecule has 0 heterocycles. The zero-order valence-electron chi connectivity index (χ0n) is 10.9. The molecular weight excluding hydrogens is 270 g/mol. The molecule has 1 saturated carbocycles. The number of carbonyl (C=O) groups excluding carboxylic acids is 1. The Morgan fingerprint density at radius 2 is 2.00 bits per heavy atom. The minimum Gasteiger partial charge on any atom is -0.338 e. The van der Waals surface area contributed by atoms with Gasteiger partial charge in [-0.1, -0.05) is 0 Å². The number of hydrogen-bond donors (Lipinski definition) is 0. The summed E-state index contributed by atoms with van der Waals surface area (Å²) < 4.78 is 26.3. The van der Waals surface area contributed by atoms with Crippen LogP contribution in [0.15, 0.2) is 12.1 Å². The molecule has 0 radical (unpaired) electrons. The van der Waals surface area contributed by atoms with Gasteiger partial charge >= 0.3 is 0 Å². The first-order chi connectivity index (χ1) is 9.43. The Hall–Kier alpha value is -2.05. The Labute approximate surface area is 114 Å². The minimum atomic E-state index is -1.33. The molecule has 108 valence electrons. The van der Waals surface area contributed by atoms with Crippen LogP contribution < -0.4 is 0 Å². The quantitative estimate of drug-likeness (QED) is 0.617. The third-order valence-corrected chi connectivity index (χ3v) is 3.31. The van der Waals surface area contributed by atoms with E-state index in [1.165, 1.54) is 4.90 Å². The van der Waals surface area contributed by atoms with Crippen molar-refractivity contribution < 1.29 is 18.5 Å². The molecule has 0 atom stereocenters. The monoisotopic (exact) mass is 284 g/mol. The van der Waals surface area contributed by atoms with Gasteiger partial charge in [-0.05, 0) is 31.7 Å². The van der Waals surface area contributed by atoms with E-state index in [1.54, 1.807) is 6.92 Å². The van der Waals surface area contributed by atoms with Crippen LogP contribution in [0.4, 0.5) is 14.5 Å². The third kappa shape index (κ3) is 2.92. The van der Waals surface area contributed by atoms with Crippen LogP contribution in [0.1, 0.15) is 30.1 Å². The Balaban J connectivity index is 2.35. The van der Waals surface area contributed by atoms with Gasteiger partial charge in [0.2, 0.25) is 0 Å². The van der Waals surface area contributed by atoms with Crippen molar-refractivity contribution in [2.24, 2.45) is 5.92 Å². The molecule has 1 amide bonds. The summed E-state index contributed by atoms with van der Waals surface area (Å²) in [5.74, 6) is -2.83. The van der Waals surface area contributed by atoms with Crippen molar-refractivity contribution in [3.05, 3.63) is 39.4 Å². The number of nitro groups is 1. The average molecular weight is 284 g/mol. The number of nitro benzene ring substituents is 1. The first kappa shape index (κ1) is 14.4. The topological polar surface area (TPSA) is 63.5 Å². The van der Waals surface area contributed by atoms with E-state index in [-0.39, 0.29) is 0 Å². The van der Waals surface area contributed by atoms with Crippen molar-refractivity contribution in [1.29, 1.82) is 0 Å². The Morgan fingerprint density at radius 3 is 2.50 bits per heavy atom. The fourth-order valence-corrected chi connectivity index (χ4v) is 2.00. The molecule has 0 aliphatic heterocycles. The van der Waals surface area contributed by atoms with E-state index in [9.17, 15) is 23.7 Å². The number of halogens is 2. The van der Waals surface area contributed by atoms with Crippen molar-refractivity contribution in [2.45, 2.75) is 19.8 Å². The molecule has 1 aromatic carbocycles. The van der Waals surface area contributed by atoms with Crippen LogP contribution >= 0.6 is 0 Å². The standard InChI is InChI=1S/C13H14F2N2O3/c1-2-16(7-8-3-4-8)13(18)9-5-10(14)11(15)6-12(9)17(19)20/h5-6,8H,2-4,7H2,1H3. The summed E-state index contributed by atoms with van der Waals surface area (Å²) in [4.78, 5) is 23.7. The Kier molecular flexibility index (Phi) is 3.96. The van der Waals surface area contributed by atoms with Crippen LogP contribution in [0.5, 0.6) is 0 Å². The molecular formula is C13H14F2N2O3. The molecule has 0 N–H and O–H groups in total. The number of benzene rings is 1. The number of hydrogen-bond acceptors (Lipinski definition) is 3. The van der Waals surface area contributed by atoms with Crippen LogP contribution in [-0.4, -0.2) is 28.8 Å². The summed E-state index contributed by atoms with van der Waals surface area (Å²) in [7, 11) is 0. The van der Waals surface area contributed by atoms with Crippen molar-refractivity contribution in [1.82, 2.24) is 4.90 Å². The summed E-state index contributed by atoms with van der Waals surface area (Å²) in [6.07, 6.45) is 2.04. The van der Waals surface area contributed by atoms with Gasteiger partial charge in [-0.15, -0.1) is 0 Å². The molecule has 1 aromatic rings. The minimum absolute atomic E-state index is 0.367. The van der Waals surface area contributed by atoms with Gasteiger partial charge in [0.15, 0.2) is 11.6 Å². The molecule has 7 heteroatoms. The molecule has 0 bridgehead atoms. The second kappa shape index (κ2) is 5.52. The van der Waals surface area contributed by atoms with E-state index < -0.39 is 33.7 Å². The van der Waals surface area contributed by atoms with E-state index in [4.69, 9.17) is 0 Å². The predicted octanol–water partition coefficient (Wildman–Crippen LogP) is 2.75. The molecule has 5 nitrogen and oxygen atoms in total. The average Bonchev–Trinajstić information content (AvgIpc) is 3.21. The van der Waals surface area contributed by atoms with Crippen molar-refractivity contribution in [3.63, 3.8) is 0 Å². The largest absolute Gasteiger partial charge is 0.338 e. The second-order valence-electron chi connectivity index (χ2n) is 4.83. The lowest BCUT2D eigenvalue weighted by Crippen LogP contribution is -2.33. The normalized spacial score (nSPS) is 14.2. The van der Waals surface area contributed by atoms with Crippen LogP contribution in [-0.2, 0) is 0 Å². The summed E-state index contributed by atoms with van der Waals surface area (Å²) in [5.41, 5.74) is -1.11. The molecule has 1 aliphatic carbocycles. The highest BCUT2D eigenvalue weighted by atomic mass is 19.2. The van der Waals surface area contributed by atoms with Crippen LogP contribution in [0.3, 0.4) is 0 Å². The van der Waals surface area contributed by atoms with E-state index in [0.717, 1.165) is 12.8 Å². The van der Waals surface area contributed by atoms with Gasteiger partial charge in [0.1, 0.15) is 5.56 Å². The smallest absolute Gasteiger partial charge is 0.285 e. The fourth-order valence-electron chi connectivity index (χ4n) is 2.00. The van der Waals surface area contributed by atoms with Gasteiger partial charge in [-0.25, -0.2) is 8.78 Å². The second-order valence-corrected chi connectivity index (χ2v) is 4.83. The molecule has 0 saturated heterocycles. The summed E-state index contributed by atoms with van der Waals surface area (Å²) >= 11 is 0. The maximum absolute atomic E-state index is 13.3. The van der Waals surface area contributed by atoms with Crippen molar-refractivity contribution in [3.8, 4) is 0 Å². The highest BCUT2D eigenvalue weighted by Gasteiger charge is 2.30. The number of carbonyl (C=O) groups is 1. The van der Waals surface area contributed by atoms with E-state index >= 15 is 0 Å². The first-order valence-electron chi connectivity index (χ1n) is 6.36. The lowest BCUT2D eigenvalue weighted by molar-refractivity contribution is -0.385.